The first-order chi connectivity index (χ1) is 13.5. The van der Waals surface area contributed by atoms with Crippen LogP contribution in [0.4, 0.5) is 24.5 Å². The molecule has 150 valence electrons. The lowest BCUT2D eigenvalue weighted by molar-refractivity contribution is -0.274. The molecule has 0 radical (unpaired) electrons. The van der Waals surface area contributed by atoms with E-state index < -0.39 is 6.36 Å². The summed E-state index contributed by atoms with van der Waals surface area (Å²) >= 11 is 0. The number of ether oxygens (including phenoxy) is 1. The van der Waals surface area contributed by atoms with Crippen LogP contribution in [0.3, 0.4) is 0 Å². The van der Waals surface area contributed by atoms with E-state index in [1.807, 2.05) is 0 Å². The van der Waals surface area contributed by atoms with Crippen molar-refractivity contribution in [2.24, 2.45) is 0 Å². The first-order valence-electron chi connectivity index (χ1n) is 9.67. The smallest absolute Gasteiger partial charge is 0.406 e. The minimum Gasteiger partial charge on any atom is -0.406 e. The van der Waals surface area contributed by atoms with Gasteiger partial charge in [-0.05, 0) is 73.8 Å². The summed E-state index contributed by atoms with van der Waals surface area (Å²) < 4.78 is 41.1. The molecular weight excluding hydrogens is 367 g/mol. The third-order valence-corrected chi connectivity index (χ3v) is 5.39. The predicted molar refractivity (Wildman–Crippen MR) is 104 cm³/mol. The highest BCUT2D eigenvalue weighted by Crippen LogP contribution is 2.31. The number of anilines is 2. The van der Waals surface area contributed by atoms with Crippen LogP contribution in [0.1, 0.15) is 24.0 Å². The van der Waals surface area contributed by atoms with Gasteiger partial charge in [0.1, 0.15) is 5.75 Å². The Morgan fingerprint density at radius 3 is 2.46 bits per heavy atom. The Hall–Kier alpha value is -2.41. The van der Waals surface area contributed by atoms with E-state index in [2.05, 4.69) is 38.5 Å². The number of nitrogens with zero attached hydrogens (tertiary/aromatic N) is 1. The number of piperidine rings is 1. The van der Waals surface area contributed by atoms with Crippen molar-refractivity contribution in [3.05, 3.63) is 53.6 Å². The van der Waals surface area contributed by atoms with Gasteiger partial charge >= 0.3 is 6.36 Å². The van der Waals surface area contributed by atoms with Crippen molar-refractivity contribution < 1.29 is 17.9 Å². The van der Waals surface area contributed by atoms with Gasteiger partial charge in [-0.1, -0.05) is 12.1 Å². The van der Waals surface area contributed by atoms with Crippen LogP contribution in [-0.2, 0) is 13.0 Å². The summed E-state index contributed by atoms with van der Waals surface area (Å²) in [5.41, 5.74) is 4.66. The van der Waals surface area contributed by atoms with E-state index in [1.54, 1.807) is 12.1 Å². The van der Waals surface area contributed by atoms with E-state index in [9.17, 15) is 13.2 Å². The summed E-state index contributed by atoms with van der Waals surface area (Å²) in [4.78, 5) is 2.39. The van der Waals surface area contributed by atoms with E-state index in [4.69, 9.17) is 0 Å². The minimum absolute atomic E-state index is 0.187. The lowest BCUT2D eigenvalue weighted by Crippen LogP contribution is -2.43. The van der Waals surface area contributed by atoms with Gasteiger partial charge in [0.2, 0.25) is 0 Å². The van der Waals surface area contributed by atoms with Crippen molar-refractivity contribution in [1.82, 2.24) is 5.32 Å². The molecule has 0 amide bonds. The molecule has 28 heavy (non-hydrogen) atoms. The molecule has 2 N–H and O–H groups in total. The standard InChI is InChI=1S/C21H24F3N3O/c22-21(23,24)28-19-4-1-15(2-5-19)14-27(17-8-10-25-11-9-17)18-3-6-20-16(13-18)7-12-26-20/h1-6,13,17,25-26H,7-12,14H2. The van der Waals surface area contributed by atoms with Gasteiger partial charge < -0.3 is 20.3 Å². The Bertz CT molecular complexity index is 802. The molecule has 2 aliphatic heterocycles. The molecule has 0 aromatic heterocycles. The van der Waals surface area contributed by atoms with Crippen molar-refractivity contribution in [2.75, 3.05) is 29.9 Å². The summed E-state index contributed by atoms with van der Waals surface area (Å²) in [7, 11) is 0. The lowest BCUT2D eigenvalue weighted by Gasteiger charge is -2.37. The van der Waals surface area contributed by atoms with Gasteiger partial charge in [0, 0.05) is 30.5 Å². The van der Waals surface area contributed by atoms with Crippen LogP contribution >= 0.6 is 0 Å². The van der Waals surface area contributed by atoms with Crippen LogP contribution in [0.15, 0.2) is 42.5 Å². The first kappa shape index (κ1) is 18.9. The molecule has 7 heteroatoms. The zero-order chi connectivity index (χ0) is 19.6. The molecule has 0 spiro atoms. The largest absolute Gasteiger partial charge is 0.573 e. The van der Waals surface area contributed by atoms with Gasteiger partial charge in [-0.2, -0.15) is 0 Å². The Labute approximate surface area is 162 Å². The van der Waals surface area contributed by atoms with Crippen LogP contribution in [0.25, 0.3) is 0 Å². The molecule has 0 unspecified atom stereocenters. The normalized spacial score (nSPS) is 17.1. The van der Waals surface area contributed by atoms with Crippen LogP contribution < -0.4 is 20.3 Å². The quantitative estimate of drug-likeness (QED) is 0.796. The number of fused-ring (bicyclic) bond motifs is 1. The van der Waals surface area contributed by atoms with Gasteiger partial charge in [-0.15, -0.1) is 13.2 Å². The summed E-state index contributed by atoms with van der Waals surface area (Å²) in [5, 5.41) is 6.78. The maximum absolute atomic E-state index is 12.4. The van der Waals surface area contributed by atoms with E-state index in [-0.39, 0.29) is 5.75 Å². The molecule has 0 bridgehead atoms. The summed E-state index contributed by atoms with van der Waals surface area (Å²) in [6, 6.07) is 13.1. The molecule has 2 aromatic carbocycles. The van der Waals surface area contributed by atoms with Crippen molar-refractivity contribution in [3.8, 4) is 5.75 Å². The number of alkyl halides is 3. The minimum atomic E-state index is -4.67. The van der Waals surface area contributed by atoms with Crippen molar-refractivity contribution in [3.63, 3.8) is 0 Å². The monoisotopic (exact) mass is 391 g/mol. The summed E-state index contributed by atoms with van der Waals surface area (Å²) in [6.45, 7) is 3.58. The molecule has 2 aromatic rings. The topological polar surface area (TPSA) is 36.5 Å². The van der Waals surface area contributed by atoms with Crippen LogP contribution in [0.5, 0.6) is 5.75 Å². The average Bonchev–Trinajstić information content (AvgIpc) is 3.15. The van der Waals surface area contributed by atoms with E-state index in [0.717, 1.165) is 44.5 Å². The lowest BCUT2D eigenvalue weighted by atomic mass is 10.0. The zero-order valence-electron chi connectivity index (χ0n) is 15.6. The summed E-state index contributed by atoms with van der Waals surface area (Å²) in [5.74, 6) is -0.187. The molecule has 0 saturated carbocycles. The molecular formula is C21H24F3N3O. The zero-order valence-corrected chi connectivity index (χ0v) is 15.6. The molecule has 0 aliphatic carbocycles. The SMILES string of the molecule is FC(F)(F)Oc1ccc(CN(c2ccc3c(c2)CCN3)C2CCNCC2)cc1. The van der Waals surface area contributed by atoms with E-state index in [0.29, 0.717) is 12.6 Å². The predicted octanol–water partition coefficient (Wildman–Crippen LogP) is 4.31. The van der Waals surface area contributed by atoms with E-state index in [1.165, 1.54) is 29.1 Å². The second kappa shape index (κ2) is 7.91. The fourth-order valence-electron chi connectivity index (χ4n) is 4.01. The number of halogens is 3. The molecule has 0 atom stereocenters. The van der Waals surface area contributed by atoms with Gasteiger partial charge in [0.25, 0.3) is 0 Å². The fraction of sp³-hybridized carbons (Fsp3) is 0.429. The Balaban J connectivity index is 1.55. The molecule has 1 saturated heterocycles. The van der Waals surface area contributed by atoms with Crippen LogP contribution in [0.2, 0.25) is 0 Å². The van der Waals surface area contributed by atoms with Crippen molar-refractivity contribution >= 4 is 11.4 Å². The van der Waals surface area contributed by atoms with Gasteiger partial charge in [0.05, 0.1) is 0 Å². The molecule has 2 aliphatic rings. The third kappa shape index (κ3) is 4.52. The Kier molecular flexibility index (Phi) is 5.35. The fourth-order valence-corrected chi connectivity index (χ4v) is 4.01. The third-order valence-electron chi connectivity index (χ3n) is 5.39. The maximum Gasteiger partial charge on any atom is 0.573 e. The van der Waals surface area contributed by atoms with Crippen molar-refractivity contribution in [2.45, 2.75) is 38.2 Å². The van der Waals surface area contributed by atoms with Gasteiger partial charge in [-0.3, -0.25) is 0 Å². The van der Waals surface area contributed by atoms with Gasteiger partial charge in [0.15, 0.2) is 0 Å². The van der Waals surface area contributed by atoms with E-state index >= 15 is 0 Å². The Morgan fingerprint density at radius 2 is 1.75 bits per heavy atom. The maximum atomic E-state index is 12.4. The van der Waals surface area contributed by atoms with Crippen LogP contribution in [-0.4, -0.2) is 32.0 Å². The first-order valence-corrected chi connectivity index (χ1v) is 9.67. The highest BCUT2D eigenvalue weighted by atomic mass is 19.4. The molecule has 4 nitrogen and oxygen atoms in total. The molecule has 2 heterocycles. The number of nitrogens with one attached hydrogen (secondary N) is 2. The van der Waals surface area contributed by atoms with Gasteiger partial charge in [-0.25, -0.2) is 0 Å². The number of hydrogen-bond donors (Lipinski definition) is 2. The second-order valence-corrected chi connectivity index (χ2v) is 7.32. The second-order valence-electron chi connectivity index (χ2n) is 7.32. The molecule has 1 fully saturated rings. The number of rotatable bonds is 5. The highest BCUT2D eigenvalue weighted by Gasteiger charge is 2.31. The summed E-state index contributed by atoms with van der Waals surface area (Å²) in [6.07, 6.45) is -1.55. The average molecular weight is 391 g/mol. The Morgan fingerprint density at radius 1 is 1.00 bits per heavy atom. The molecule has 4 rings (SSSR count). The number of hydrogen-bond acceptors (Lipinski definition) is 4. The highest BCUT2D eigenvalue weighted by molar-refractivity contribution is 5.63. The van der Waals surface area contributed by atoms with Crippen molar-refractivity contribution in [1.29, 1.82) is 0 Å². The van der Waals surface area contributed by atoms with Crippen LogP contribution in [0, 0.1) is 0 Å². The number of benzene rings is 2.